The van der Waals surface area contributed by atoms with Gasteiger partial charge in [-0.3, -0.25) is 0 Å². The molecule has 0 radical (unpaired) electrons. The summed E-state index contributed by atoms with van der Waals surface area (Å²) in [6.45, 7) is 2.83. The number of aryl methyl sites for hydroxylation is 2. The van der Waals surface area contributed by atoms with Crippen LogP contribution in [0.3, 0.4) is 0 Å². The van der Waals surface area contributed by atoms with Crippen LogP contribution >= 0.6 is 0 Å². The largest absolute Gasteiger partial charge is 0.394 e. The maximum absolute atomic E-state index is 10.9. The number of aliphatic hydroxyl groups is 4. The van der Waals surface area contributed by atoms with Crippen LogP contribution in [0.4, 0.5) is 5.69 Å². The van der Waals surface area contributed by atoms with Crippen molar-refractivity contribution in [3.8, 4) is 0 Å². The molecule has 0 amide bonds. The molecule has 4 N–H and O–H groups in total. The highest BCUT2D eigenvalue weighted by Crippen LogP contribution is 2.20. The summed E-state index contributed by atoms with van der Waals surface area (Å²) < 4.78 is 0. The van der Waals surface area contributed by atoms with Gasteiger partial charge in [-0.25, -0.2) is 5.01 Å². The molecule has 0 spiro atoms. The molecule has 20 heavy (non-hydrogen) atoms. The van der Waals surface area contributed by atoms with Crippen molar-refractivity contribution in [2.75, 3.05) is 18.2 Å². The SMILES string of the molecule is Cc1ccc(N(C[C@@H](O)[C@H](O)[C@H](O)CO)N=O)cc1C. The van der Waals surface area contributed by atoms with Crippen molar-refractivity contribution in [2.45, 2.75) is 32.2 Å². The predicted octanol–water partition coefficient (Wildman–Crippen LogP) is -0.134. The molecule has 0 aliphatic rings. The second kappa shape index (κ2) is 7.30. The van der Waals surface area contributed by atoms with E-state index in [1.807, 2.05) is 19.9 Å². The normalized spacial score (nSPS) is 15.5. The number of hydrogen-bond acceptors (Lipinski definition) is 6. The van der Waals surface area contributed by atoms with Crippen molar-refractivity contribution in [2.24, 2.45) is 5.29 Å². The summed E-state index contributed by atoms with van der Waals surface area (Å²) in [4.78, 5) is 10.9. The number of benzene rings is 1. The van der Waals surface area contributed by atoms with Gasteiger partial charge in [0.25, 0.3) is 0 Å². The van der Waals surface area contributed by atoms with Gasteiger partial charge in [-0.2, -0.15) is 0 Å². The van der Waals surface area contributed by atoms with Gasteiger partial charge in [0, 0.05) is 0 Å². The lowest BCUT2D eigenvalue weighted by atomic mass is 10.1. The smallest absolute Gasteiger partial charge is 0.110 e. The van der Waals surface area contributed by atoms with E-state index in [1.54, 1.807) is 12.1 Å². The summed E-state index contributed by atoms with van der Waals surface area (Å²) in [6.07, 6.45) is -4.45. The molecular formula is C13H20N2O5. The fourth-order valence-corrected chi connectivity index (χ4v) is 1.72. The molecule has 1 aromatic carbocycles. The van der Waals surface area contributed by atoms with Crippen LogP contribution < -0.4 is 5.01 Å². The Bertz CT molecular complexity index is 454. The molecule has 7 nitrogen and oxygen atoms in total. The third-order valence-corrected chi connectivity index (χ3v) is 3.22. The molecule has 0 aromatic heterocycles. The molecule has 0 saturated carbocycles. The Balaban J connectivity index is 2.81. The lowest BCUT2D eigenvalue weighted by molar-refractivity contribution is -0.0731. The van der Waals surface area contributed by atoms with Crippen LogP contribution in [0.5, 0.6) is 0 Å². The average Bonchev–Trinajstić information content (AvgIpc) is 2.45. The van der Waals surface area contributed by atoms with Gasteiger partial charge in [-0.1, -0.05) is 6.07 Å². The van der Waals surface area contributed by atoms with Crippen LogP contribution in [0.1, 0.15) is 11.1 Å². The molecule has 112 valence electrons. The van der Waals surface area contributed by atoms with E-state index in [2.05, 4.69) is 5.29 Å². The Kier molecular flexibility index (Phi) is 6.03. The Morgan fingerprint density at radius 2 is 1.80 bits per heavy atom. The Morgan fingerprint density at radius 1 is 1.15 bits per heavy atom. The van der Waals surface area contributed by atoms with Crippen molar-refractivity contribution < 1.29 is 20.4 Å². The zero-order valence-corrected chi connectivity index (χ0v) is 11.5. The number of nitroso groups, excluding NO2 is 1. The summed E-state index contributed by atoms with van der Waals surface area (Å²) in [6, 6.07) is 5.22. The molecule has 0 heterocycles. The van der Waals surface area contributed by atoms with Gasteiger partial charge in [-0.15, -0.1) is 4.91 Å². The van der Waals surface area contributed by atoms with Crippen LogP contribution in [0.2, 0.25) is 0 Å². The predicted molar refractivity (Wildman–Crippen MR) is 74.2 cm³/mol. The maximum atomic E-state index is 10.9. The van der Waals surface area contributed by atoms with Gasteiger partial charge in [-0.05, 0) is 37.1 Å². The molecule has 0 aliphatic carbocycles. The zero-order chi connectivity index (χ0) is 15.3. The lowest BCUT2D eigenvalue weighted by Gasteiger charge is -2.25. The summed E-state index contributed by atoms with van der Waals surface area (Å²) in [5.41, 5.74) is 2.49. The third-order valence-electron chi connectivity index (χ3n) is 3.22. The molecule has 0 aliphatic heterocycles. The van der Waals surface area contributed by atoms with E-state index in [9.17, 15) is 20.2 Å². The zero-order valence-electron chi connectivity index (χ0n) is 11.5. The molecule has 0 saturated heterocycles. The summed E-state index contributed by atoms with van der Waals surface area (Å²) in [5.74, 6) is 0. The van der Waals surface area contributed by atoms with Gasteiger partial charge in [0.15, 0.2) is 0 Å². The molecule has 0 fully saturated rings. The van der Waals surface area contributed by atoms with Crippen molar-refractivity contribution in [1.82, 2.24) is 0 Å². The molecule has 3 atom stereocenters. The number of hydrogen-bond donors (Lipinski definition) is 4. The quantitative estimate of drug-likeness (QED) is 0.409. The van der Waals surface area contributed by atoms with Gasteiger partial charge >= 0.3 is 0 Å². The van der Waals surface area contributed by atoms with E-state index in [4.69, 9.17) is 5.11 Å². The first kappa shape index (κ1) is 16.5. The first-order valence-electron chi connectivity index (χ1n) is 6.23. The summed E-state index contributed by atoms with van der Waals surface area (Å²) >= 11 is 0. The summed E-state index contributed by atoms with van der Waals surface area (Å²) in [7, 11) is 0. The monoisotopic (exact) mass is 284 g/mol. The number of nitrogens with zero attached hydrogens (tertiary/aromatic N) is 2. The Labute approximate surface area is 117 Å². The number of aliphatic hydroxyl groups excluding tert-OH is 4. The van der Waals surface area contributed by atoms with Crippen LogP contribution in [0.25, 0.3) is 0 Å². The van der Waals surface area contributed by atoms with Crippen LogP contribution in [0, 0.1) is 18.8 Å². The molecule has 7 heteroatoms. The van der Waals surface area contributed by atoms with Crippen molar-refractivity contribution in [3.63, 3.8) is 0 Å². The van der Waals surface area contributed by atoms with Crippen molar-refractivity contribution in [1.29, 1.82) is 0 Å². The maximum Gasteiger partial charge on any atom is 0.110 e. The fourth-order valence-electron chi connectivity index (χ4n) is 1.72. The second-order valence-corrected chi connectivity index (χ2v) is 4.74. The van der Waals surface area contributed by atoms with Crippen LogP contribution in [-0.2, 0) is 0 Å². The van der Waals surface area contributed by atoms with E-state index in [1.165, 1.54) is 0 Å². The van der Waals surface area contributed by atoms with E-state index in [-0.39, 0.29) is 6.54 Å². The number of anilines is 1. The van der Waals surface area contributed by atoms with E-state index in [0.29, 0.717) is 5.69 Å². The molecule has 0 unspecified atom stereocenters. The fraction of sp³-hybridized carbons (Fsp3) is 0.538. The van der Waals surface area contributed by atoms with E-state index in [0.717, 1.165) is 16.1 Å². The first-order chi connectivity index (χ1) is 9.40. The average molecular weight is 284 g/mol. The van der Waals surface area contributed by atoms with E-state index >= 15 is 0 Å². The van der Waals surface area contributed by atoms with Gasteiger partial charge in [0.1, 0.15) is 18.3 Å². The van der Waals surface area contributed by atoms with Crippen molar-refractivity contribution >= 4 is 5.69 Å². The standard InChI is InChI=1S/C13H20N2O5/c1-8-3-4-10(5-9(8)2)15(14-20)6-11(17)13(19)12(18)7-16/h3-5,11-13,16-19H,6-7H2,1-2H3/t11-,12-,13+/m1/s1. The highest BCUT2D eigenvalue weighted by molar-refractivity contribution is 5.50. The Morgan fingerprint density at radius 3 is 2.30 bits per heavy atom. The minimum absolute atomic E-state index is 0.287. The van der Waals surface area contributed by atoms with Crippen LogP contribution in [-0.4, -0.2) is 51.9 Å². The van der Waals surface area contributed by atoms with Crippen LogP contribution in [0.15, 0.2) is 23.5 Å². The molecule has 1 rings (SSSR count). The lowest BCUT2D eigenvalue weighted by Crippen LogP contribution is -2.44. The highest BCUT2D eigenvalue weighted by atomic mass is 16.4. The molecule has 1 aromatic rings. The highest BCUT2D eigenvalue weighted by Gasteiger charge is 2.26. The minimum Gasteiger partial charge on any atom is -0.394 e. The number of rotatable bonds is 7. The third kappa shape index (κ3) is 3.97. The van der Waals surface area contributed by atoms with Gasteiger partial charge < -0.3 is 20.4 Å². The minimum atomic E-state index is -1.56. The van der Waals surface area contributed by atoms with Gasteiger partial charge in [0.05, 0.1) is 24.1 Å². The molecular weight excluding hydrogens is 264 g/mol. The topological polar surface area (TPSA) is 114 Å². The van der Waals surface area contributed by atoms with E-state index < -0.39 is 24.9 Å². The second-order valence-electron chi connectivity index (χ2n) is 4.74. The summed E-state index contributed by atoms with van der Waals surface area (Å²) in [5, 5.41) is 41.0. The first-order valence-corrected chi connectivity index (χ1v) is 6.23. The molecule has 0 bridgehead atoms. The van der Waals surface area contributed by atoms with Crippen molar-refractivity contribution in [3.05, 3.63) is 34.2 Å². The Hall–Kier alpha value is -1.54. The van der Waals surface area contributed by atoms with Gasteiger partial charge in [0.2, 0.25) is 0 Å².